The Balaban J connectivity index is 0.00000169. The second-order valence-corrected chi connectivity index (χ2v) is 2.75. The maximum atomic E-state index is 8.84. The van der Waals surface area contributed by atoms with Crippen LogP contribution in [0.4, 0.5) is 0 Å². The van der Waals surface area contributed by atoms with Gasteiger partial charge in [-0.3, -0.25) is 5.57 Å². The van der Waals surface area contributed by atoms with Crippen LogP contribution in [0.1, 0.15) is 17.5 Å². The number of benzene rings is 1. The molecule has 0 radical (unpaired) electrons. The van der Waals surface area contributed by atoms with Gasteiger partial charge >= 0.3 is 21.1 Å². The molecule has 1 rings (SSSR count). The first kappa shape index (κ1) is 13.6. The largest absolute Gasteiger partial charge is 2.00 e. The smallest absolute Gasteiger partial charge is 0.397 e. The average Bonchev–Trinajstić information content (AvgIpc) is 2.18. The number of aliphatic hydroxyl groups excluding tert-OH is 2. The molecule has 0 amide bonds. The minimum atomic E-state index is -0.0414. The van der Waals surface area contributed by atoms with Crippen molar-refractivity contribution in [3.8, 4) is 0 Å². The van der Waals surface area contributed by atoms with Gasteiger partial charge in [0.2, 0.25) is 0 Å². The minimum absolute atomic E-state index is 0. The molecular formula is C11H12O2W. The van der Waals surface area contributed by atoms with E-state index in [0.717, 1.165) is 5.56 Å². The Hall–Kier alpha value is -0.432. The van der Waals surface area contributed by atoms with Crippen molar-refractivity contribution in [3.63, 3.8) is 0 Å². The molecule has 0 aliphatic rings. The number of rotatable bonds is 4. The van der Waals surface area contributed by atoms with Gasteiger partial charge in [-0.25, -0.2) is 12.1 Å². The van der Waals surface area contributed by atoms with Gasteiger partial charge in [0, 0.05) is 13.2 Å². The summed E-state index contributed by atoms with van der Waals surface area (Å²) in [5.41, 5.74) is 2.05. The molecule has 0 atom stereocenters. The molecule has 0 aliphatic carbocycles. The van der Waals surface area contributed by atoms with Gasteiger partial charge in [-0.05, 0) is 0 Å². The van der Waals surface area contributed by atoms with Crippen molar-refractivity contribution in [1.82, 2.24) is 0 Å². The Labute approximate surface area is 98.5 Å². The van der Waals surface area contributed by atoms with E-state index in [0.29, 0.717) is 17.6 Å². The van der Waals surface area contributed by atoms with Crippen LogP contribution in [0.3, 0.4) is 0 Å². The van der Waals surface area contributed by atoms with Crippen LogP contribution in [0.5, 0.6) is 0 Å². The summed E-state index contributed by atoms with van der Waals surface area (Å²) >= 11 is 0. The van der Waals surface area contributed by atoms with E-state index in [1.165, 1.54) is 0 Å². The van der Waals surface area contributed by atoms with Crippen molar-refractivity contribution in [2.24, 2.45) is 0 Å². The fraction of sp³-hybridized carbons (Fsp3) is 0.273. The van der Waals surface area contributed by atoms with Crippen molar-refractivity contribution in [3.05, 3.63) is 42.0 Å². The van der Waals surface area contributed by atoms with Gasteiger partial charge in [-0.2, -0.15) is 6.07 Å². The van der Waals surface area contributed by atoms with Gasteiger partial charge in [0.1, 0.15) is 0 Å². The summed E-state index contributed by atoms with van der Waals surface area (Å²) in [6.07, 6.45) is 0.436. The zero-order valence-electron chi connectivity index (χ0n) is 7.73. The second-order valence-electron chi connectivity index (χ2n) is 2.75. The second kappa shape index (κ2) is 6.94. The Morgan fingerprint density at radius 1 is 1.36 bits per heavy atom. The molecule has 0 heterocycles. The first-order chi connectivity index (χ1) is 6.27. The number of hydrogen-bond acceptors (Lipinski definition) is 2. The SMILES string of the molecule is [CH-]=C(CCO)c1[c-]c(CO)ccc1.[W+2]. The van der Waals surface area contributed by atoms with Crippen LogP contribution in [-0.2, 0) is 27.7 Å². The fourth-order valence-corrected chi connectivity index (χ4v) is 1.05. The molecule has 14 heavy (non-hydrogen) atoms. The Bertz CT molecular complexity index is 297. The predicted molar refractivity (Wildman–Crippen MR) is 50.6 cm³/mol. The summed E-state index contributed by atoms with van der Waals surface area (Å²) in [6, 6.07) is 8.35. The molecule has 0 spiro atoms. The van der Waals surface area contributed by atoms with Crippen LogP contribution >= 0.6 is 0 Å². The normalized spacial score (nSPS) is 9.29. The molecule has 0 bridgehead atoms. The van der Waals surface area contributed by atoms with E-state index in [2.05, 4.69) is 6.07 Å². The number of hydrogen-bond donors (Lipinski definition) is 2. The molecule has 74 valence electrons. The summed E-state index contributed by atoms with van der Waals surface area (Å²) in [7, 11) is 0. The molecular weight excluding hydrogens is 348 g/mol. The Morgan fingerprint density at radius 3 is 2.64 bits per heavy atom. The van der Waals surface area contributed by atoms with Crippen LogP contribution in [0.2, 0.25) is 0 Å². The summed E-state index contributed by atoms with van der Waals surface area (Å²) in [5, 5.41) is 17.5. The topological polar surface area (TPSA) is 40.5 Å². The zero-order chi connectivity index (χ0) is 9.68. The van der Waals surface area contributed by atoms with Gasteiger partial charge in [0.15, 0.2) is 0 Å². The molecule has 3 heteroatoms. The molecule has 0 saturated carbocycles. The molecule has 0 saturated heterocycles. The monoisotopic (exact) mass is 360 g/mol. The third kappa shape index (κ3) is 3.75. The molecule has 0 fully saturated rings. The third-order valence-corrected chi connectivity index (χ3v) is 1.75. The Kier molecular flexibility index (Phi) is 6.73. The van der Waals surface area contributed by atoms with Crippen LogP contribution in [0.25, 0.3) is 5.57 Å². The van der Waals surface area contributed by atoms with Crippen molar-refractivity contribution in [1.29, 1.82) is 0 Å². The molecule has 2 nitrogen and oxygen atoms in total. The summed E-state index contributed by atoms with van der Waals surface area (Å²) < 4.78 is 0. The van der Waals surface area contributed by atoms with E-state index in [1.807, 2.05) is 12.1 Å². The van der Waals surface area contributed by atoms with Crippen molar-refractivity contribution in [2.75, 3.05) is 6.61 Å². The van der Waals surface area contributed by atoms with E-state index in [1.54, 1.807) is 6.07 Å². The average molecular weight is 360 g/mol. The standard InChI is InChI=1S/C11H12O2.W/c1-9(5-6-12)11-4-2-3-10(7-11)8-13;/h1-4,12-13H,5-6,8H2;/q-2;+2. The van der Waals surface area contributed by atoms with Crippen molar-refractivity contribution >= 4 is 5.57 Å². The van der Waals surface area contributed by atoms with E-state index in [9.17, 15) is 0 Å². The Morgan fingerprint density at radius 2 is 2.07 bits per heavy atom. The molecule has 1 aromatic rings. The molecule has 1 aromatic carbocycles. The van der Waals surface area contributed by atoms with Crippen LogP contribution in [0, 0.1) is 12.6 Å². The maximum absolute atomic E-state index is 8.84. The van der Waals surface area contributed by atoms with E-state index in [-0.39, 0.29) is 34.3 Å². The van der Waals surface area contributed by atoms with Crippen LogP contribution in [0.15, 0.2) is 18.2 Å². The van der Waals surface area contributed by atoms with Crippen LogP contribution < -0.4 is 0 Å². The van der Waals surface area contributed by atoms with Gasteiger partial charge < -0.3 is 22.4 Å². The maximum Gasteiger partial charge on any atom is 2.00 e. The van der Waals surface area contributed by atoms with Gasteiger partial charge in [0.05, 0.1) is 0 Å². The first-order valence-corrected chi connectivity index (χ1v) is 4.12. The summed E-state index contributed by atoms with van der Waals surface area (Å²) in [6.45, 7) is 5.66. The quantitative estimate of drug-likeness (QED) is 0.792. The van der Waals surface area contributed by atoms with Gasteiger partial charge in [0.25, 0.3) is 0 Å². The number of aliphatic hydroxyl groups is 2. The van der Waals surface area contributed by atoms with Crippen LogP contribution in [-0.4, -0.2) is 16.8 Å². The van der Waals surface area contributed by atoms with Gasteiger partial charge in [-0.15, -0.1) is 11.6 Å². The van der Waals surface area contributed by atoms with Crippen molar-refractivity contribution < 1.29 is 31.3 Å². The molecule has 0 aromatic heterocycles. The molecule has 0 unspecified atom stereocenters. The van der Waals surface area contributed by atoms with E-state index >= 15 is 0 Å². The van der Waals surface area contributed by atoms with E-state index < -0.39 is 0 Å². The summed E-state index contributed by atoms with van der Waals surface area (Å²) in [4.78, 5) is 0. The zero-order valence-corrected chi connectivity index (χ0v) is 10.7. The summed E-state index contributed by atoms with van der Waals surface area (Å²) in [5.74, 6) is 0. The predicted octanol–water partition coefficient (Wildman–Crippen LogP) is 1.18. The third-order valence-electron chi connectivity index (χ3n) is 1.75. The molecule has 2 N–H and O–H groups in total. The van der Waals surface area contributed by atoms with Crippen molar-refractivity contribution in [2.45, 2.75) is 13.0 Å². The minimum Gasteiger partial charge on any atom is -0.397 e. The molecule has 0 aliphatic heterocycles. The fourth-order valence-electron chi connectivity index (χ4n) is 1.05. The van der Waals surface area contributed by atoms with Gasteiger partial charge in [-0.1, -0.05) is 6.42 Å². The first-order valence-electron chi connectivity index (χ1n) is 4.12. The van der Waals surface area contributed by atoms with E-state index in [4.69, 9.17) is 16.8 Å².